The van der Waals surface area contributed by atoms with Gasteiger partial charge in [-0.1, -0.05) is 42.5 Å². The molecule has 0 bridgehead atoms. The molecule has 16 heavy (non-hydrogen) atoms. The second-order valence-corrected chi connectivity index (χ2v) is 3.73. The van der Waals surface area contributed by atoms with E-state index in [0.29, 0.717) is 5.52 Å². The molecular formula is C14H10FN. The smallest absolute Gasteiger partial charge is 0.147 e. The normalized spacial score (nSPS) is 10.8. The topological polar surface area (TPSA) is 15.8 Å². The van der Waals surface area contributed by atoms with Gasteiger partial charge in [0.25, 0.3) is 0 Å². The first-order chi connectivity index (χ1) is 7.86. The fraction of sp³-hybridized carbons (Fsp3) is 0. The largest absolute Gasteiger partial charge is 0.358 e. The molecule has 2 heteroatoms. The summed E-state index contributed by atoms with van der Waals surface area (Å²) in [6.07, 6.45) is 1.85. The molecule has 0 spiro atoms. The number of nitrogens with one attached hydrogen (secondary N) is 1. The lowest BCUT2D eigenvalue weighted by Gasteiger charge is -1.98. The summed E-state index contributed by atoms with van der Waals surface area (Å²) in [5, 5.41) is 0.922. The highest BCUT2D eigenvalue weighted by Gasteiger charge is 2.07. The number of benzene rings is 2. The number of hydrogen-bond acceptors (Lipinski definition) is 0. The number of fused-ring (bicyclic) bond motifs is 1. The van der Waals surface area contributed by atoms with Crippen LogP contribution in [0.4, 0.5) is 4.39 Å². The quantitative estimate of drug-likeness (QED) is 0.626. The van der Waals surface area contributed by atoms with Gasteiger partial charge in [0, 0.05) is 17.1 Å². The Labute approximate surface area is 92.5 Å². The van der Waals surface area contributed by atoms with Gasteiger partial charge in [-0.05, 0) is 11.6 Å². The van der Waals surface area contributed by atoms with E-state index in [0.717, 1.165) is 16.5 Å². The molecule has 3 rings (SSSR count). The van der Waals surface area contributed by atoms with E-state index in [1.165, 1.54) is 6.07 Å². The van der Waals surface area contributed by atoms with Crippen LogP contribution in [0.3, 0.4) is 0 Å². The van der Waals surface area contributed by atoms with Gasteiger partial charge in [0.1, 0.15) is 5.82 Å². The SMILES string of the molecule is Fc1cccc2c(-c3ccccc3)c[nH]c12. The Bertz CT molecular complexity index is 626. The zero-order valence-electron chi connectivity index (χ0n) is 8.57. The Morgan fingerprint density at radius 1 is 0.875 bits per heavy atom. The van der Waals surface area contributed by atoms with E-state index in [1.807, 2.05) is 42.6 Å². The minimum atomic E-state index is -0.209. The molecule has 0 aliphatic carbocycles. The molecule has 1 aromatic heterocycles. The molecule has 3 aromatic rings. The molecule has 1 nitrogen and oxygen atoms in total. The Balaban J connectivity index is 2.30. The van der Waals surface area contributed by atoms with E-state index in [-0.39, 0.29) is 5.82 Å². The molecule has 0 saturated carbocycles. The van der Waals surface area contributed by atoms with E-state index in [9.17, 15) is 4.39 Å². The monoisotopic (exact) mass is 211 g/mol. The van der Waals surface area contributed by atoms with Crippen molar-refractivity contribution in [2.45, 2.75) is 0 Å². The van der Waals surface area contributed by atoms with E-state index in [1.54, 1.807) is 6.07 Å². The summed E-state index contributed by atoms with van der Waals surface area (Å²) in [5.41, 5.74) is 2.70. The van der Waals surface area contributed by atoms with Crippen LogP contribution >= 0.6 is 0 Å². The van der Waals surface area contributed by atoms with Gasteiger partial charge in [0.15, 0.2) is 0 Å². The van der Waals surface area contributed by atoms with Gasteiger partial charge in [-0.15, -0.1) is 0 Å². The highest BCUT2D eigenvalue weighted by Crippen LogP contribution is 2.29. The van der Waals surface area contributed by atoms with Gasteiger partial charge in [0.2, 0.25) is 0 Å². The van der Waals surface area contributed by atoms with Crippen molar-refractivity contribution in [3.05, 3.63) is 60.5 Å². The Kier molecular flexibility index (Phi) is 2.00. The van der Waals surface area contributed by atoms with Gasteiger partial charge in [-0.2, -0.15) is 0 Å². The number of hydrogen-bond donors (Lipinski definition) is 1. The van der Waals surface area contributed by atoms with Crippen molar-refractivity contribution in [1.82, 2.24) is 4.98 Å². The molecule has 78 valence electrons. The van der Waals surface area contributed by atoms with Crippen molar-refractivity contribution in [2.24, 2.45) is 0 Å². The molecule has 0 amide bonds. The number of aromatic amines is 1. The Morgan fingerprint density at radius 2 is 1.69 bits per heavy atom. The lowest BCUT2D eigenvalue weighted by Crippen LogP contribution is -1.77. The third kappa shape index (κ3) is 1.31. The van der Waals surface area contributed by atoms with E-state index in [2.05, 4.69) is 4.98 Å². The molecule has 0 saturated heterocycles. The Morgan fingerprint density at radius 3 is 2.50 bits per heavy atom. The van der Waals surface area contributed by atoms with Crippen molar-refractivity contribution in [1.29, 1.82) is 0 Å². The zero-order chi connectivity index (χ0) is 11.0. The Hall–Kier alpha value is -2.09. The third-order valence-corrected chi connectivity index (χ3v) is 2.75. The first-order valence-corrected chi connectivity index (χ1v) is 5.17. The maximum Gasteiger partial charge on any atom is 0.147 e. The zero-order valence-corrected chi connectivity index (χ0v) is 8.57. The first-order valence-electron chi connectivity index (χ1n) is 5.17. The van der Waals surface area contributed by atoms with Gasteiger partial charge < -0.3 is 4.98 Å². The molecule has 2 aromatic carbocycles. The van der Waals surface area contributed by atoms with E-state index in [4.69, 9.17) is 0 Å². The second kappa shape index (κ2) is 3.49. The van der Waals surface area contributed by atoms with Crippen LogP contribution in [0.5, 0.6) is 0 Å². The van der Waals surface area contributed by atoms with Crippen molar-refractivity contribution < 1.29 is 4.39 Å². The van der Waals surface area contributed by atoms with Crippen molar-refractivity contribution in [3.8, 4) is 11.1 Å². The van der Waals surface area contributed by atoms with Crippen LogP contribution in [0.15, 0.2) is 54.7 Å². The minimum Gasteiger partial charge on any atom is -0.358 e. The summed E-state index contributed by atoms with van der Waals surface area (Å²) >= 11 is 0. The van der Waals surface area contributed by atoms with Gasteiger partial charge >= 0.3 is 0 Å². The van der Waals surface area contributed by atoms with Crippen LogP contribution in [0.1, 0.15) is 0 Å². The second-order valence-electron chi connectivity index (χ2n) is 3.73. The van der Waals surface area contributed by atoms with Crippen LogP contribution in [0, 0.1) is 5.82 Å². The molecule has 0 unspecified atom stereocenters. The highest BCUT2D eigenvalue weighted by atomic mass is 19.1. The number of para-hydroxylation sites is 1. The van der Waals surface area contributed by atoms with Crippen LogP contribution in [0.2, 0.25) is 0 Å². The summed E-state index contributed by atoms with van der Waals surface area (Å²) in [5.74, 6) is -0.209. The van der Waals surface area contributed by atoms with Crippen molar-refractivity contribution in [2.75, 3.05) is 0 Å². The number of halogens is 1. The average Bonchev–Trinajstić information content (AvgIpc) is 2.75. The molecule has 0 aliphatic rings. The lowest BCUT2D eigenvalue weighted by molar-refractivity contribution is 0.637. The number of aromatic nitrogens is 1. The first kappa shape index (κ1) is 9.16. The van der Waals surface area contributed by atoms with Crippen LogP contribution in [-0.4, -0.2) is 4.98 Å². The standard InChI is InChI=1S/C14H10FN/c15-13-8-4-7-11-12(9-16-14(11)13)10-5-2-1-3-6-10/h1-9,16H. The molecule has 0 aliphatic heterocycles. The summed E-state index contributed by atoms with van der Waals surface area (Å²) in [4.78, 5) is 2.98. The fourth-order valence-corrected chi connectivity index (χ4v) is 1.97. The summed E-state index contributed by atoms with van der Waals surface area (Å²) in [6.45, 7) is 0. The molecule has 1 N–H and O–H groups in total. The minimum absolute atomic E-state index is 0.209. The predicted octanol–water partition coefficient (Wildman–Crippen LogP) is 3.97. The van der Waals surface area contributed by atoms with Crippen LogP contribution in [0.25, 0.3) is 22.0 Å². The van der Waals surface area contributed by atoms with Crippen LogP contribution in [-0.2, 0) is 0 Å². The maximum absolute atomic E-state index is 13.5. The van der Waals surface area contributed by atoms with Crippen molar-refractivity contribution >= 4 is 10.9 Å². The third-order valence-electron chi connectivity index (χ3n) is 2.75. The molecule has 0 radical (unpaired) electrons. The highest BCUT2D eigenvalue weighted by molar-refractivity contribution is 5.95. The van der Waals surface area contributed by atoms with E-state index < -0.39 is 0 Å². The molecule has 0 fully saturated rings. The number of H-pyrrole nitrogens is 1. The molecular weight excluding hydrogens is 201 g/mol. The van der Waals surface area contributed by atoms with Crippen LogP contribution < -0.4 is 0 Å². The molecule has 0 atom stereocenters. The summed E-state index contributed by atoms with van der Waals surface area (Å²) < 4.78 is 13.5. The summed E-state index contributed by atoms with van der Waals surface area (Å²) in [6, 6.07) is 15.1. The summed E-state index contributed by atoms with van der Waals surface area (Å²) in [7, 11) is 0. The maximum atomic E-state index is 13.5. The van der Waals surface area contributed by atoms with Gasteiger partial charge in [0.05, 0.1) is 5.52 Å². The van der Waals surface area contributed by atoms with Gasteiger partial charge in [-0.25, -0.2) is 4.39 Å². The van der Waals surface area contributed by atoms with Gasteiger partial charge in [-0.3, -0.25) is 0 Å². The van der Waals surface area contributed by atoms with E-state index >= 15 is 0 Å². The fourth-order valence-electron chi connectivity index (χ4n) is 1.97. The number of rotatable bonds is 1. The predicted molar refractivity (Wildman–Crippen MR) is 63.7 cm³/mol. The van der Waals surface area contributed by atoms with Crippen molar-refractivity contribution in [3.63, 3.8) is 0 Å². The average molecular weight is 211 g/mol. The molecule has 1 heterocycles. The lowest BCUT2D eigenvalue weighted by atomic mass is 10.1.